The summed E-state index contributed by atoms with van der Waals surface area (Å²) in [6, 6.07) is 0. The highest BCUT2D eigenvalue weighted by Gasteiger charge is 2.24. The zero-order valence-corrected chi connectivity index (χ0v) is 17.4. The third kappa shape index (κ3) is 13.8. The Morgan fingerprint density at radius 1 is 0.769 bits per heavy atom. The highest BCUT2D eigenvalue weighted by Crippen LogP contribution is 2.19. The average molecular weight is 368 g/mol. The maximum Gasteiger partial charge on any atom is 0.158 e. The molecule has 0 aromatic rings. The van der Waals surface area contributed by atoms with Gasteiger partial charge in [0, 0.05) is 0 Å². The lowest BCUT2D eigenvalue weighted by Gasteiger charge is -2.10. The molecule has 0 radical (unpaired) electrons. The Balaban J connectivity index is 1.73. The van der Waals surface area contributed by atoms with Crippen molar-refractivity contribution in [1.29, 1.82) is 0 Å². The van der Waals surface area contributed by atoms with E-state index in [2.05, 4.69) is 19.1 Å². The number of allylic oxidation sites excluding steroid dienone is 2. The molecule has 0 aromatic heterocycles. The van der Waals surface area contributed by atoms with E-state index in [0.717, 1.165) is 19.4 Å². The summed E-state index contributed by atoms with van der Waals surface area (Å²) >= 11 is 0. The highest BCUT2D eigenvalue weighted by molar-refractivity contribution is 4.81. The van der Waals surface area contributed by atoms with E-state index in [9.17, 15) is 0 Å². The first-order valence-corrected chi connectivity index (χ1v) is 11.5. The molecule has 1 aliphatic heterocycles. The summed E-state index contributed by atoms with van der Waals surface area (Å²) in [4.78, 5) is 0. The van der Waals surface area contributed by atoms with Crippen LogP contribution in [0.15, 0.2) is 12.2 Å². The summed E-state index contributed by atoms with van der Waals surface area (Å²) in [5.41, 5.74) is 5.56. The third-order valence-corrected chi connectivity index (χ3v) is 5.25. The molecular formula is C23H45NO2. The molecule has 2 unspecified atom stereocenters. The minimum atomic E-state index is 0.0345. The van der Waals surface area contributed by atoms with E-state index in [1.165, 1.54) is 89.9 Å². The van der Waals surface area contributed by atoms with Crippen molar-refractivity contribution in [2.75, 3.05) is 13.2 Å². The van der Waals surface area contributed by atoms with Gasteiger partial charge in [-0.2, -0.15) is 0 Å². The first kappa shape index (κ1) is 23.7. The first-order valence-electron chi connectivity index (χ1n) is 11.5. The topological polar surface area (TPSA) is 44.5 Å². The lowest BCUT2D eigenvalue weighted by atomic mass is 10.1. The molecule has 0 spiro atoms. The summed E-state index contributed by atoms with van der Waals surface area (Å²) in [7, 11) is 0. The molecule has 1 heterocycles. The second-order valence-corrected chi connectivity index (χ2v) is 7.82. The molecule has 0 aliphatic carbocycles. The van der Waals surface area contributed by atoms with Crippen LogP contribution >= 0.6 is 0 Å². The van der Waals surface area contributed by atoms with Gasteiger partial charge in [-0.1, -0.05) is 76.9 Å². The Morgan fingerprint density at radius 3 is 1.96 bits per heavy atom. The molecule has 0 bridgehead atoms. The standard InChI is InChI=1S/C23H45NO2/c1-2-3-4-5-6-7-8-9-10-11-12-13-14-15-16-17-18-23-25-21-22(26-23)19-20-24/h6-7,22-23H,2-5,8-21,24H2,1H3. The predicted molar refractivity (Wildman–Crippen MR) is 112 cm³/mol. The van der Waals surface area contributed by atoms with E-state index in [1.54, 1.807) is 0 Å². The van der Waals surface area contributed by atoms with Crippen LogP contribution in [-0.4, -0.2) is 25.5 Å². The number of hydrogen-bond donors (Lipinski definition) is 1. The van der Waals surface area contributed by atoms with Gasteiger partial charge in [-0.05, 0) is 51.5 Å². The number of rotatable bonds is 18. The summed E-state index contributed by atoms with van der Waals surface area (Å²) in [6.45, 7) is 3.69. The minimum absolute atomic E-state index is 0.0345. The molecule has 154 valence electrons. The Bertz CT molecular complexity index is 319. The minimum Gasteiger partial charge on any atom is -0.350 e. The normalized spacial score (nSPS) is 20.4. The van der Waals surface area contributed by atoms with E-state index in [4.69, 9.17) is 15.2 Å². The van der Waals surface area contributed by atoms with Crippen LogP contribution < -0.4 is 5.73 Å². The van der Waals surface area contributed by atoms with Crippen LogP contribution in [0.5, 0.6) is 0 Å². The van der Waals surface area contributed by atoms with Crippen molar-refractivity contribution >= 4 is 0 Å². The van der Waals surface area contributed by atoms with Crippen molar-refractivity contribution in [3.05, 3.63) is 12.2 Å². The van der Waals surface area contributed by atoms with Gasteiger partial charge in [0.25, 0.3) is 0 Å². The van der Waals surface area contributed by atoms with Crippen molar-refractivity contribution in [2.24, 2.45) is 5.73 Å². The van der Waals surface area contributed by atoms with Gasteiger partial charge in [0.1, 0.15) is 0 Å². The fourth-order valence-corrected chi connectivity index (χ4v) is 3.56. The van der Waals surface area contributed by atoms with Gasteiger partial charge in [0.15, 0.2) is 6.29 Å². The predicted octanol–water partition coefficient (Wildman–Crippen LogP) is 6.50. The van der Waals surface area contributed by atoms with E-state index in [-0.39, 0.29) is 12.4 Å². The maximum atomic E-state index is 5.82. The van der Waals surface area contributed by atoms with Crippen molar-refractivity contribution in [2.45, 2.75) is 122 Å². The number of hydrogen-bond acceptors (Lipinski definition) is 3. The van der Waals surface area contributed by atoms with Crippen LogP contribution in [0, 0.1) is 0 Å². The number of nitrogens with two attached hydrogens (primary N) is 1. The molecule has 2 atom stereocenters. The van der Waals surface area contributed by atoms with Crippen LogP contribution in [0.1, 0.15) is 110 Å². The summed E-state index contributed by atoms with van der Waals surface area (Å²) in [5, 5.41) is 0. The molecular weight excluding hydrogens is 322 g/mol. The molecule has 0 amide bonds. The molecule has 3 nitrogen and oxygen atoms in total. The molecule has 3 heteroatoms. The quantitative estimate of drug-likeness (QED) is 0.222. The number of unbranched alkanes of at least 4 members (excludes halogenated alkanes) is 12. The van der Waals surface area contributed by atoms with Crippen molar-refractivity contribution in [3.63, 3.8) is 0 Å². The van der Waals surface area contributed by atoms with Crippen LogP contribution in [0.25, 0.3) is 0 Å². The molecule has 1 fully saturated rings. The first-order chi connectivity index (χ1) is 12.9. The fraction of sp³-hybridized carbons (Fsp3) is 0.913. The van der Waals surface area contributed by atoms with Gasteiger partial charge in [-0.15, -0.1) is 0 Å². The molecule has 0 saturated carbocycles. The van der Waals surface area contributed by atoms with Gasteiger partial charge < -0.3 is 15.2 Å². The van der Waals surface area contributed by atoms with Gasteiger partial charge in [-0.25, -0.2) is 0 Å². The smallest absolute Gasteiger partial charge is 0.158 e. The molecule has 26 heavy (non-hydrogen) atoms. The number of ether oxygens (including phenoxy) is 2. The second kappa shape index (κ2) is 18.0. The molecule has 2 N–H and O–H groups in total. The zero-order chi connectivity index (χ0) is 18.7. The van der Waals surface area contributed by atoms with Crippen molar-refractivity contribution < 1.29 is 9.47 Å². The zero-order valence-electron chi connectivity index (χ0n) is 17.4. The molecule has 1 aliphatic rings. The Morgan fingerprint density at radius 2 is 1.35 bits per heavy atom. The van der Waals surface area contributed by atoms with Crippen LogP contribution in [0.4, 0.5) is 0 Å². The van der Waals surface area contributed by atoms with Crippen LogP contribution in [0.2, 0.25) is 0 Å². The molecule has 0 aromatic carbocycles. The summed E-state index contributed by atoms with van der Waals surface area (Å²) in [6.07, 6.45) is 25.9. The van der Waals surface area contributed by atoms with Crippen LogP contribution in [-0.2, 0) is 9.47 Å². The van der Waals surface area contributed by atoms with Gasteiger partial charge in [0.05, 0.1) is 12.7 Å². The van der Waals surface area contributed by atoms with E-state index in [1.807, 2.05) is 0 Å². The monoisotopic (exact) mass is 367 g/mol. The highest BCUT2D eigenvalue weighted by atomic mass is 16.7. The average Bonchev–Trinajstić information content (AvgIpc) is 3.09. The van der Waals surface area contributed by atoms with Crippen molar-refractivity contribution in [3.8, 4) is 0 Å². The van der Waals surface area contributed by atoms with Gasteiger partial charge in [0.2, 0.25) is 0 Å². The Kier molecular flexibility index (Phi) is 16.4. The Labute approximate surface area is 163 Å². The second-order valence-electron chi connectivity index (χ2n) is 7.82. The molecule has 1 rings (SSSR count). The Hall–Kier alpha value is -0.380. The fourth-order valence-electron chi connectivity index (χ4n) is 3.56. The van der Waals surface area contributed by atoms with Gasteiger partial charge >= 0.3 is 0 Å². The SMILES string of the molecule is CCCCCC=CCCCCCCCCCCCC1OCC(CCN)O1. The van der Waals surface area contributed by atoms with Crippen LogP contribution in [0.3, 0.4) is 0 Å². The summed E-state index contributed by atoms with van der Waals surface area (Å²) < 4.78 is 11.5. The lowest BCUT2D eigenvalue weighted by molar-refractivity contribution is -0.0637. The largest absolute Gasteiger partial charge is 0.350 e. The summed E-state index contributed by atoms with van der Waals surface area (Å²) in [5.74, 6) is 0. The van der Waals surface area contributed by atoms with Gasteiger partial charge in [-0.3, -0.25) is 0 Å². The van der Waals surface area contributed by atoms with Crippen molar-refractivity contribution in [1.82, 2.24) is 0 Å². The molecule has 1 saturated heterocycles. The lowest BCUT2D eigenvalue weighted by Crippen LogP contribution is -2.16. The van der Waals surface area contributed by atoms with E-state index in [0.29, 0.717) is 6.54 Å². The third-order valence-electron chi connectivity index (χ3n) is 5.25. The van der Waals surface area contributed by atoms with E-state index < -0.39 is 0 Å². The van der Waals surface area contributed by atoms with E-state index >= 15 is 0 Å². The maximum absolute atomic E-state index is 5.82.